The number of tetrazole rings is 1. The third kappa shape index (κ3) is 2.59. The monoisotopic (exact) mass is 257 g/mol. The van der Waals surface area contributed by atoms with Crippen LogP contribution in [-0.4, -0.2) is 31.9 Å². The van der Waals surface area contributed by atoms with Crippen LogP contribution in [0.3, 0.4) is 0 Å². The second-order valence-electron chi connectivity index (χ2n) is 3.71. The predicted molar refractivity (Wildman–Crippen MR) is 67.4 cm³/mol. The van der Waals surface area contributed by atoms with Gasteiger partial charge in [0.05, 0.1) is 0 Å². The van der Waals surface area contributed by atoms with Gasteiger partial charge in [-0.1, -0.05) is 13.8 Å². The summed E-state index contributed by atoms with van der Waals surface area (Å²) < 4.78 is 0.826. The summed E-state index contributed by atoms with van der Waals surface area (Å²) in [6.45, 7) is 6.56. The van der Waals surface area contributed by atoms with Crippen LogP contribution in [0, 0.1) is 0 Å². The molecule has 1 aromatic rings. The second-order valence-corrected chi connectivity index (χ2v) is 5.11. The van der Waals surface area contributed by atoms with Gasteiger partial charge in [-0.2, -0.15) is 0 Å². The summed E-state index contributed by atoms with van der Waals surface area (Å²) in [5.41, 5.74) is 5.57. The van der Waals surface area contributed by atoms with E-state index >= 15 is 0 Å². The molecule has 1 amide bonds. The van der Waals surface area contributed by atoms with Gasteiger partial charge in [0.25, 0.3) is 0 Å². The molecular weight excluding hydrogens is 238 g/mol. The zero-order valence-corrected chi connectivity index (χ0v) is 11.3. The lowest BCUT2D eigenvalue weighted by atomic mass is 10.0. The summed E-state index contributed by atoms with van der Waals surface area (Å²) in [7, 11) is 0. The van der Waals surface area contributed by atoms with Gasteiger partial charge in [-0.3, -0.25) is 4.79 Å². The summed E-state index contributed by atoms with van der Waals surface area (Å²) >= 11 is 1.53. The Hall–Kier alpha value is -1.11. The molecule has 0 aliphatic heterocycles. The van der Waals surface area contributed by atoms with Crippen LogP contribution in [0.5, 0.6) is 0 Å². The van der Waals surface area contributed by atoms with Crippen molar-refractivity contribution in [1.29, 1.82) is 0 Å². The van der Waals surface area contributed by atoms with Gasteiger partial charge in [-0.25, -0.2) is 4.68 Å². The Kier molecular flexibility index (Phi) is 4.92. The summed E-state index contributed by atoms with van der Waals surface area (Å²) in [5, 5.41) is 11.5. The van der Waals surface area contributed by atoms with Crippen molar-refractivity contribution < 1.29 is 4.79 Å². The molecule has 0 bridgehead atoms. The summed E-state index contributed by atoms with van der Waals surface area (Å²) in [6.07, 6.45) is 1.57. The van der Waals surface area contributed by atoms with Crippen molar-refractivity contribution in [3.63, 3.8) is 0 Å². The molecule has 1 atom stereocenters. The molecule has 1 aromatic heterocycles. The van der Waals surface area contributed by atoms with Crippen LogP contribution in [0.15, 0.2) is 0 Å². The largest absolute Gasteiger partial charge is 0.368 e. The number of carbonyl (C=O) groups excluding carboxylic acids is 1. The molecule has 0 fully saturated rings. The number of primary amides is 1. The van der Waals surface area contributed by atoms with Gasteiger partial charge in [-0.15, -0.1) is 16.9 Å². The second kappa shape index (κ2) is 6.00. The van der Waals surface area contributed by atoms with E-state index in [9.17, 15) is 4.79 Å². The highest BCUT2D eigenvalue weighted by molar-refractivity contribution is 8.00. The Labute approximate surface area is 105 Å². The molecule has 17 heavy (non-hydrogen) atoms. The lowest BCUT2D eigenvalue weighted by Crippen LogP contribution is -2.40. The first-order chi connectivity index (χ1) is 8.12. The van der Waals surface area contributed by atoms with Crippen LogP contribution in [0.2, 0.25) is 0 Å². The zero-order chi connectivity index (χ0) is 12.9. The molecule has 0 saturated carbocycles. The molecule has 7 heteroatoms. The summed E-state index contributed by atoms with van der Waals surface area (Å²) in [4.78, 5) is 11.8. The minimum atomic E-state index is -0.810. The van der Waals surface area contributed by atoms with Crippen molar-refractivity contribution in [2.75, 3.05) is 5.75 Å². The van der Waals surface area contributed by atoms with E-state index in [0.29, 0.717) is 18.8 Å². The third-order valence-electron chi connectivity index (χ3n) is 2.64. The molecule has 2 N–H and O–H groups in total. The molecule has 0 saturated heterocycles. The topological polar surface area (TPSA) is 86.7 Å². The van der Waals surface area contributed by atoms with Gasteiger partial charge in [0, 0.05) is 6.54 Å². The van der Waals surface area contributed by atoms with E-state index in [0.717, 1.165) is 12.2 Å². The van der Waals surface area contributed by atoms with Crippen LogP contribution in [0.25, 0.3) is 0 Å². The first kappa shape index (κ1) is 14.0. The summed E-state index contributed by atoms with van der Waals surface area (Å²) in [5.74, 6) is 1.05. The van der Waals surface area contributed by atoms with Gasteiger partial charge in [-0.05, 0) is 35.9 Å². The van der Waals surface area contributed by atoms with Gasteiger partial charge < -0.3 is 5.73 Å². The Balaban J connectivity index is 3.16. The normalized spacial score (nSPS) is 14.5. The van der Waals surface area contributed by atoms with Crippen LogP contribution in [0.4, 0.5) is 0 Å². The van der Waals surface area contributed by atoms with E-state index in [1.807, 2.05) is 13.8 Å². The number of aromatic nitrogens is 4. The SMILES string of the molecule is CCCSC(CC)(C(N)=O)c1nnnn1CC. The molecule has 1 unspecified atom stereocenters. The lowest BCUT2D eigenvalue weighted by Gasteiger charge is -2.27. The van der Waals surface area contributed by atoms with Crippen molar-refractivity contribution in [3.8, 4) is 0 Å². The predicted octanol–water partition coefficient (Wildman–Crippen LogP) is 0.927. The molecule has 96 valence electrons. The molecule has 0 aliphatic carbocycles. The minimum absolute atomic E-state index is 0.372. The lowest BCUT2D eigenvalue weighted by molar-refractivity contribution is -0.120. The number of carbonyl (C=O) groups is 1. The van der Waals surface area contributed by atoms with Crippen LogP contribution >= 0.6 is 11.8 Å². The molecule has 0 radical (unpaired) electrons. The number of amides is 1. The van der Waals surface area contributed by atoms with E-state index in [1.54, 1.807) is 4.68 Å². The first-order valence-electron chi connectivity index (χ1n) is 5.82. The van der Waals surface area contributed by atoms with Crippen molar-refractivity contribution >= 4 is 17.7 Å². The average molecular weight is 257 g/mol. The van der Waals surface area contributed by atoms with Crippen LogP contribution < -0.4 is 5.73 Å². The molecule has 6 nitrogen and oxygen atoms in total. The maximum atomic E-state index is 11.8. The Morgan fingerprint density at radius 3 is 2.65 bits per heavy atom. The number of nitrogens with zero attached hydrogens (tertiary/aromatic N) is 4. The number of aryl methyl sites for hydroxylation is 1. The number of rotatable bonds is 7. The quantitative estimate of drug-likeness (QED) is 0.785. The smallest absolute Gasteiger partial charge is 0.241 e. The molecule has 1 heterocycles. The Morgan fingerprint density at radius 2 is 2.18 bits per heavy atom. The maximum absolute atomic E-state index is 11.8. The van der Waals surface area contributed by atoms with Crippen molar-refractivity contribution in [2.24, 2.45) is 5.73 Å². The molecule has 0 spiro atoms. The zero-order valence-electron chi connectivity index (χ0n) is 10.5. The Morgan fingerprint density at radius 1 is 1.47 bits per heavy atom. The highest BCUT2D eigenvalue weighted by Gasteiger charge is 2.42. The third-order valence-corrected chi connectivity index (χ3v) is 4.42. The van der Waals surface area contributed by atoms with Gasteiger partial charge in [0.15, 0.2) is 10.6 Å². The Bertz CT molecular complexity index is 381. The number of thioether (sulfide) groups is 1. The number of hydrogen-bond donors (Lipinski definition) is 1. The molecule has 0 aliphatic rings. The number of hydrogen-bond acceptors (Lipinski definition) is 5. The standard InChI is InChI=1S/C10H19N5OS/c1-4-7-17-10(5-2,8(11)16)9-12-13-14-15(9)6-3/h4-7H2,1-3H3,(H2,11,16). The van der Waals surface area contributed by atoms with E-state index in [4.69, 9.17) is 5.73 Å². The molecular formula is C10H19N5OS. The van der Waals surface area contributed by atoms with E-state index < -0.39 is 4.75 Å². The van der Waals surface area contributed by atoms with Gasteiger partial charge >= 0.3 is 0 Å². The van der Waals surface area contributed by atoms with Crippen LogP contribution in [0.1, 0.15) is 39.4 Å². The van der Waals surface area contributed by atoms with Crippen LogP contribution in [-0.2, 0) is 16.1 Å². The summed E-state index contributed by atoms with van der Waals surface area (Å²) in [6, 6.07) is 0. The number of nitrogens with two attached hydrogens (primary N) is 1. The van der Waals surface area contributed by atoms with E-state index in [-0.39, 0.29) is 5.91 Å². The highest BCUT2D eigenvalue weighted by atomic mass is 32.2. The average Bonchev–Trinajstić information content (AvgIpc) is 2.79. The maximum Gasteiger partial charge on any atom is 0.241 e. The highest BCUT2D eigenvalue weighted by Crippen LogP contribution is 2.38. The fourth-order valence-corrected chi connectivity index (χ4v) is 2.84. The van der Waals surface area contributed by atoms with E-state index in [1.165, 1.54) is 11.8 Å². The minimum Gasteiger partial charge on any atom is -0.368 e. The molecule has 1 rings (SSSR count). The van der Waals surface area contributed by atoms with Gasteiger partial charge in [0.1, 0.15) is 0 Å². The van der Waals surface area contributed by atoms with Crippen molar-refractivity contribution in [3.05, 3.63) is 5.82 Å². The van der Waals surface area contributed by atoms with E-state index in [2.05, 4.69) is 22.4 Å². The van der Waals surface area contributed by atoms with Gasteiger partial charge in [0.2, 0.25) is 5.91 Å². The molecule has 0 aromatic carbocycles. The van der Waals surface area contributed by atoms with Crippen molar-refractivity contribution in [2.45, 2.75) is 44.9 Å². The van der Waals surface area contributed by atoms with Crippen molar-refractivity contribution in [1.82, 2.24) is 20.2 Å². The first-order valence-corrected chi connectivity index (χ1v) is 6.81. The fraction of sp³-hybridized carbons (Fsp3) is 0.800. The fourth-order valence-electron chi connectivity index (χ4n) is 1.66.